The molecule has 0 bridgehead atoms. The highest BCUT2D eigenvalue weighted by molar-refractivity contribution is 8.15. The Hall–Kier alpha value is -0.270. The molecule has 0 aromatic rings. The van der Waals surface area contributed by atoms with Crippen LogP contribution in [-0.2, 0) is 9.84 Å². The molecule has 0 aromatic carbocycles. The van der Waals surface area contributed by atoms with Crippen molar-refractivity contribution in [3.05, 3.63) is 0 Å². The lowest BCUT2D eigenvalue weighted by Crippen LogP contribution is -2.27. The summed E-state index contributed by atoms with van der Waals surface area (Å²) >= 11 is 1.42. The molecule has 2 atom stereocenters. The van der Waals surface area contributed by atoms with Crippen LogP contribution in [0.15, 0.2) is 4.99 Å². The summed E-state index contributed by atoms with van der Waals surface area (Å²) in [5, 5.41) is 0.737. The van der Waals surface area contributed by atoms with Crippen molar-refractivity contribution in [3.63, 3.8) is 0 Å². The number of amidine groups is 1. The van der Waals surface area contributed by atoms with Crippen molar-refractivity contribution >= 4 is 26.8 Å². The van der Waals surface area contributed by atoms with Crippen molar-refractivity contribution in [2.24, 2.45) is 10.8 Å². The first-order valence-electron chi connectivity index (χ1n) is 3.52. The molecule has 0 amide bonds. The molecule has 3 N–H and O–H groups in total. The van der Waals surface area contributed by atoms with Gasteiger partial charge in [0, 0.05) is 5.25 Å². The maximum atomic E-state index is 11.1. The number of nitrogens with one attached hydrogen (secondary N) is 1. The number of sulfone groups is 1. The fourth-order valence-electron chi connectivity index (χ4n) is 1.43. The summed E-state index contributed by atoms with van der Waals surface area (Å²) in [6.07, 6.45) is 0. The Balaban J connectivity index is 2.18. The maximum Gasteiger partial charge on any atom is 0.171 e. The molecule has 0 aliphatic carbocycles. The van der Waals surface area contributed by atoms with Gasteiger partial charge in [-0.3, -0.25) is 4.99 Å². The molecule has 68 valence electrons. The monoisotopic (exact) mass is 207 g/mol. The minimum Gasteiger partial charge on any atom is -0.303 e. The Bertz CT molecular complexity index is 324. The van der Waals surface area contributed by atoms with Crippen LogP contribution >= 0.6 is 11.8 Å². The van der Waals surface area contributed by atoms with Crippen LogP contribution in [0.2, 0.25) is 0 Å². The Morgan fingerprint density at radius 3 is 2.92 bits per heavy atom. The number of rotatable bonds is 0. The van der Waals surface area contributed by atoms with Gasteiger partial charge in [0.2, 0.25) is 0 Å². The molecule has 2 aliphatic rings. The molecule has 1 fully saturated rings. The Morgan fingerprint density at radius 1 is 1.58 bits per heavy atom. The molecule has 2 aliphatic heterocycles. The van der Waals surface area contributed by atoms with E-state index >= 15 is 0 Å². The van der Waals surface area contributed by atoms with E-state index in [1.54, 1.807) is 0 Å². The van der Waals surface area contributed by atoms with Gasteiger partial charge >= 0.3 is 0 Å². The molecule has 0 saturated carbocycles. The second-order valence-corrected chi connectivity index (χ2v) is 6.26. The second-order valence-electron chi connectivity index (χ2n) is 2.88. The van der Waals surface area contributed by atoms with E-state index in [1.165, 1.54) is 11.8 Å². The SMILES string of the molecule is NNC1=N[C@@H]2CS(=O)(=O)C[C@@H]2S1. The van der Waals surface area contributed by atoms with Gasteiger partial charge < -0.3 is 5.43 Å². The summed E-state index contributed by atoms with van der Waals surface area (Å²) < 4.78 is 22.2. The van der Waals surface area contributed by atoms with Gasteiger partial charge in [-0.05, 0) is 0 Å². The smallest absolute Gasteiger partial charge is 0.171 e. The van der Waals surface area contributed by atoms with Crippen LogP contribution in [0.4, 0.5) is 0 Å². The quantitative estimate of drug-likeness (QED) is 0.382. The largest absolute Gasteiger partial charge is 0.303 e. The van der Waals surface area contributed by atoms with Gasteiger partial charge in [0.15, 0.2) is 15.0 Å². The number of hydrogen-bond acceptors (Lipinski definition) is 6. The standard InChI is InChI=1S/C5H9N3O2S2/c6-8-5-7-3-1-12(9,10)2-4(3)11-5/h3-4H,1-2,6H2,(H,7,8)/t3-,4+/m1/s1. The molecule has 12 heavy (non-hydrogen) atoms. The van der Waals surface area contributed by atoms with Gasteiger partial charge in [-0.15, -0.1) is 0 Å². The number of nitrogens with zero attached hydrogens (tertiary/aromatic N) is 1. The van der Waals surface area contributed by atoms with Crippen molar-refractivity contribution < 1.29 is 8.42 Å². The van der Waals surface area contributed by atoms with Gasteiger partial charge in [-0.25, -0.2) is 14.3 Å². The topological polar surface area (TPSA) is 84.5 Å². The van der Waals surface area contributed by atoms with Crippen molar-refractivity contribution in [1.29, 1.82) is 0 Å². The predicted molar refractivity (Wildman–Crippen MR) is 48.6 cm³/mol. The average Bonchev–Trinajstić information content (AvgIpc) is 2.40. The zero-order chi connectivity index (χ0) is 8.77. The van der Waals surface area contributed by atoms with E-state index in [0.29, 0.717) is 5.17 Å². The van der Waals surface area contributed by atoms with E-state index in [2.05, 4.69) is 10.4 Å². The first kappa shape index (κ1) is 8.33. The summed E-state index contributed by atoms with van der Waals surface area (Å²) in [6, 6.07) is -0.0777. The lowest BCUT2D eigenvalue weighted by atomic mass is 10.3. The van der Waals surface area contributed by atoms with Crippen LogP contribution in [0.25, 0.3) is 0 Å². The van der Waals surface area contributed by atoms with Crippen LogP contribution in [0, 0.1) is 0 Å². The van der Waals surface area contributed by atoms with Gasteiger partial charge in [-0.2, -0.15) is 0 Å². The van der Waals surface area contributed by atoms with Gasteiger partial charge in [-0.1, -0.05) is 11.8 Å². The predicted octanol–water partition coefficient (Wildman–Crippen LogP) is -1.28. The first-order chi connectivity index (χ1) is 5.61. The van der Waals surface area contributed by atoms with E-state index in [4.69, 9.17) is 5.84 Å². The number of aliphatic imine (C=N–C) groups is 1. The summed E-state index contributed by atoms with van der Waals surface area (Å²) in [5.41, 5.74) is 2.44. The minimum atomic E-state index is -2.83. The highest BCUT2D eigenvalue weighted by Gasteiger charge is 2.42. The van der Waals surface area contributed by atoms with Crippen molar-refractivity contribution in [2.45, 2.75) is 11.3 Å². The van der Waals surface area contributed by atoms with E-state index in [9.17, 15) is 8.42 Å². The third-order valence-electron chi connectivity index (χ3n) is 1.94. The summed E-state index contributed by atoms with van der Waals surface area (Å²) in [4.78, 5) is 4.13. The van der Waals surface area contributed by atoms with Crippen LogP contribution < -0.4 is 11.3 Å². The van der Waals surface area contributed by atoms with Crippen molar-refractivity contribution in [3.8, 4) is 0 Å². The zero-order valence-corrected chi connectivity index (χ0v) is 7.86. The molecule has 0 radical (unpaired) electrons. The number of nitrogens with two attached hydrogens (primary N) is 1. The lowest BCUT2D eigenvalue weighted by Gasteiger charge is -2.00. The fourth-order valence-corrected chi connectivity index (χ4v) is 4.99. The fraction of sp³-hybridized carbons (Fsp3) is 0.800. The maximum absolute atomic E-state index is 11.1. The number of fused-ring (bicyclic) bond motifs is 1. The average molecular weight is 207 g/mol. The zero-order valence-electron chi connectivity index (χ0n) is 6.23. The molecule has 2 rings (SSSR count). The molecule has 0 unspecified atom stereocenters. The minimum absolute atomic E-state index is 0.0777. The van der Waals surface area contributed by atoms with E-state index in [-0.39, 0.29) is 22.8 Å². The van der Waals surface area contributed by atoms with E-state index < -0.39 is 9.84 Å². The number of thioether (sulfide) groups is 1. The molecule has 5 nitrogen and oxygen atoms in total. The Kier molecular flexibility index (Phi) is 1.81. The van der Waals surface area contributed by atoms with Crippen LogP contribution in [0.5, 0.6) is 0 Å². The van der Waals surface area contributed by atoms with Crippen molar-refractivity contribution in [2.75, 3.05) is 11.5 Å². The second kappa shape index (κ2) is 2.61. The third kappa shape index (κ3) is 1.32. The first-order valence-corrected chi connectivity index (χ1v) is 6.22. The molecule has 1 saturated heterocycles. The van der Waals surface area contributed by atoms with Crippen LogP contribution in [-0.4, -0.2) is 36.4 Å². The Morgan fingerprint density at radius 2 is 2.33 bits per heavy atom. The van der Waals surface area contributed by atoms with Gasteiger partial charge in [0.25, 0.3) is 0 Å². The highest BCUT2D eigenvalue weighted by atomic mass is 32.2. The number of hydrogen-bond donors (Lipinski definition) is 2. The molecule has 2 heterocycles. The van der Waals surface area contributed by atoms with Crippen LogP contribution in [0.1, 0.15) is 0 Å². The van der Waals surface area contributed by atoms with E-state index in [0.717, 1.165) is 0 Å². The number of hydrazine groups is 1. The molecular weight excluding hydrogens is 198 g/mol. The normalized spacial score (nSPS) is 37.6. The summed E-state index contributed by atoms with van der Waals surface area (Å²) in [7, 11) is -2.83. The lowest BCUT2D eigenvalue weighted by molar-refractivity contribution is 0.601. The Labute approximate surface area is 74.7 Å². The van der Waals surface area contributed by atoms with E-state index in [1.807, 2.05) is 0 Å². The summed E-state index contributed by atoms with van der Waals surface area (Å²) in [5.74, 6) is 5.56. The molecule has 0 spiro atoms. The third-order valence-corrected chi connectivity index (χ3v) is 5.10. The highest BCUT2D eigenvalue weighted by Crippen LogP contribution is 2.32. The van der Waals surface area contributed by atoms with Crippen LogP contribution in [0.3, 0.4) is 0 Å². The molecule has 0 aromatic heterocycles. The van der Waals surface area contributed by atoms with Crippen molar-refractivity contribution in [1.82, 2.24) is 5.43 Å². The van der Waals surface area contributed by atoms with Gasteiger partial charge in [0.1, 0.15) is 0 Å². The molecule has 7 heteroatoms. The van der Waals surface area contributed by atoms with Gasteiger partial charge in [0.05, 0.1) is 17.5 Å². The molecular formula is C5H9N3O2S2. The summed E-state index contributed by atoms with van der Waals surface area (Å²) in [6.45, 7) is 0.